The van der Waals surface area contributed by atoms with Crippen LogP contribution >= 0.6 is 0 Å². The molecule has 0 unspecified atom stereocenters. The highest BCUT2D eigenvalue weighted by molar-refractivity contribution is 6.04. The number of carbonyl (C=O) groups is 1. The highest BCUT2D eigenvalue weighted by Crippen LogP contribution is 2.06. The van der Waals surface area contributed by atoms with Crippen LogP contribution in [0.2, 0.25) is 0 Å². The van der Waals surface area contributed by atoms with Gasteiger partial charge in [-0.3, -0.25) is 10.1 Å². The maximum atomic E-state index is 12.5. The van der Waals surface area contributed by atoms with Gasteiger partial charge in [0.25, 0.3) is 11.9 Å². The number of aliphatic imine (C=N–C) groups is 1. The van der Waals surface area contributed by atoms with Gasteiger partial charge in [-0.05, 0) is 65.4 Å². The van der Waals surface area contributed by atoms with Crippen LogP contribution in [0.25, 0.3) is 0 Å². The first kappa shape index (κ1) is 24.1. The second kappa shape index (κ2) is 14.1. The first-order chi connectivity index (χ1) is 13.5. The van der Waals surface area contributed by atoms with Crippen LogP contribution in [0.3, 0.4) is 0 Å². The van der Waals surface area contributed by atoms with Crippen LogP contribution < -0.4 is 5.32 Å². The number of amides is 1. The van der Waals surface area contributed by atoms with Crippen LogP contribution in [0.4, 0.5) is 0 Å². The zero-order chi connectivity index (χ0) is 20.8. The number of rotatable bonds is 12. The van der Waals surface area contributed by atoms with Crippen LogP contribution in [0.15, 0.2) is 29.3 Å². The number of amidine groups is 1. The van der Waals surface area contributed by atoms with E-state index in [9.17, 15) is 4.79 Å². The second-order valence-corrected chi connectivity index (χ2v) is 6.82. The van der Waals surface area contributed by atoms with E-state index in [0.29, 0.717) is 25.4 Å². The van der Waals surface area contributed by atoms with Crippen molar-refractivity contribution >= 4 is 11.9 Å². The highest BCUT2D eigenvalue weighted by atomic mass is 16.5. The Kier molecular flexibility index (Phi) is 12.2. The molecule has 0 aliphatic heterocycles. The molecule has 0 aliphatic rings. The third-order valence-corrected chi connectivity index (χ3v) is 4.53. The molecule has 0 aromatic heterocycles. The normalized spacial score (nSPS) is 12.9. The molecule has 1 aromatic carbocycles. The number of ether oxygens (including phenoxy) is 2. The largest absolute Gasteiger partial charge is 0.463 e. The predicted octanol–water partition coefficient (Wildman–Crippen LogP) is 3.64. The Bertz CT molecular complexity index is 583. The van der Waals surface area contributed by atoms with Gasteiger partial charge < -0.3 is 14.4 Å². The number of nitrogens with one attached hydrogen (secondary N) is 1. The summed E-state index contributed by atoms with van der Waals surface area (Å²) in [5, 5.41) is 2.80. The lowest BCUT2D eigenvalue weighted by atomic mass is 10.1. The van der Waals surface area contributed by atoms with E-state index >= 15 is 0 Å². The van der Waals surface area contributed by atoms with Crippen molar-refractivity contribution in [3.8, 4) is 0 Å². The van der Waals surface area contributed by atoms with E-state index in [4.69, 9.17) is 9.47 Å². The average Bonchev–Trinajstić information content (AvgIpc) is 2.69. The molecular formula is C22H37N3O3. The van der Waals surface area contributed by atoms with Gasteiger partial charge >= 0.3 is 0 Å². The molecule has 0 heterocycles. The fraction of sp³-hybridized carbons (Fsp3) is 0.636. The summed E-state index contributed by atoms with van der Waals surface area (Å²) in [7, 11) is 0. The van der Waals surface area contributed by atoms with Crippen molar-refractivity contribution < 1.29 is 14.3 Å². The van der Waals surface area contributed by atoms with Gasteiger partial charge in [-0.15, -0.1) is 0 Å². The monoisotopic (exact) mass is 391 g/mol. The molecule has 0 fully saturated rings. The van der Waals surface area contributed by atoms with E-state index in [-0.39, 0.29) is 18.0 Å². The molecule has 0 spiro atoms. The van der Waals surface area contributed by atoms with Gasteiger partial charge in [-0.2, -0.15) is 0 Å². The van der Waals surface area contributed by atoms with Gasteiger partial charge in [-0.25, -0.2) is 4.99 Å². The maximum Gasteiger partial charge on any atom is 0.292 e. The fourth-order valence-electron chi connectivity index (χ4n) is 2.74. The standard InChI is InChI=1S/C22H37N3O3/c1-6-25(7-2)15-9-10-19(5)23-22(28-17-16-27-8-3)24-21(26)20-13-11-18(4)12-14-20/h11-14,19H,6-10,15-17H2,1-5H3,(H,23,24,26)/t19-/m0/s1. The van der Waals surface area contributed by atoms with Gasteiger partial charge in [0, 0.05) is 12.2 Å². The fourth-order valence-corrected chi connectivity index (χ4v) is 2.74. The third kappa shape index (κ3) is 9.85. The highest BCUT2D eigenvalue weighted by Gasteiger charge is 2.12. The quantitative estimate of drug-likeness (QED) is 0.336. The molecule has 1 aromatic rings. The minimum atomic E-state index is -0.217. The first-order valence-corrected chi connectivity index (χ1v) is 10.4. The lowest BCUT2D eigenvalue weighted by molar-refractivity contribution is 0.0921. The summed E-state index contributed by atoms with van der Waals surface area (Å²) < 4.78 is 11.0. The summed E-state index contributed by atoms with van der Waals surface area (Å²) in [6.45, 7) is 15.0. The Hall–Kier alpha value is -1.92. The third-order valence-electron chi connectivity index (χ3n) is 4.53. The SMILES string of the molecule is CCOCCOC(=N[C@@H](C)CCCN(CC)CC)NC(=O)c1ccc(C)cc1. The molecule has 6 nitrogen and oxygen atoms in total. The molecule has 0 saturated carbocycles. The van der Waals surface area contributed by atoms with Crippen molar-refractivity contribution in [2.45, 2.75) is 53.5 Å². The van der Waals surface area contributed by atoms with Crippen molar-refractivity contribution in [2.24, 2.45) is 4.99 Å². The Morgan fingerprint density at radius 3 is 2.43 bits per heavy atom. The molecule has 1 rings (SSSR count). The number of benzene rings is 1. The number of hydrogen-bond donors (Lipinski definition) is 1. The zero-order valence-electron chi connectivity index (χ0n) is 18.2. The van der Waals surface area contributed by atoms with Crippen molar-refractivity contribution in [2.75, 3.05) is 39.5 Å². The van der Waals surface area contributed by atoms with Crippen LogP contribution in [-0.2, 0) is 9.47 Å². The lowest BCUT2D eigenvalue weighted by Gasteiger charge is -2.18. The van der Waals surface area contributed by atoms with E-state index in [1.807, 2.05) is 32.9 Å². The molecule has 0 aliphatic carbocycles. The van der Waals surface area contributed by atoms with Crippen molar-refractivity contribution in [1.29, 1.82) is 0 Å². The number of hydrogen-bond acceptors (Lipinski definition) is 5. The lowest BCUT2D eigenvalue weighted by Crippen LogP contribution is -2.34. The van der Waals surface area contributed by atoms with Gasteiger partial charge in [0.1, 0.15) is 6.61 Å². The molecule has 0 radical (unpaired) electrons. The Morgan fingerprint density at radius 2 is 1.82 bits per heavy atom. The van der Waals surface area contributed by atoms with Crippen molar-refractivity contribution in [3.63, 3.8) is 0 Å². The summed E-state index contributed by atoms with van der Waals surface area (Å²) in [5.41, 5.74) is 1.70. The summed E-state index contributed by atoms with van der Waals surface area (Å²) >= 11 is 0. The molecule has 1 atom stereocenters. The average molecular weight is 392 g/mol. The Balaban J connectivity index is 2.66. The Morgan fingerprint density at radius 1 is 1.14 bits per heavy atom. The Labute approximate surface area is 170 Å². The van der Waals surface area contributed by atoms with E-state index in [1.165, 1.54) is 0 Å². The van der Waals surface area contributed by atoms with E-state index in [0.717, 1.165) is 38.0 Å². The van der Waals surface area contributed by atoms with E-state index in [2.05, 4.69) is 29.1 Å². The molecule has 1 N–H and O–H groups in total. The van der Waals surface area contributed by atoms with Gasteiger partial charge in [-0.1, -0.05) is 31.5 Å². The second-order valence-electron chi connectivity index (χ2n) is 6.82. The van der Waals surface area contributed by atoms with Crippen LogP contribution in [0.5, 0.6) is 0 Å². The number of aryl methyl sites for hydroxylation is 1. The summed E-state index contributed by atoms with van der Waals surface area (Å²) in [4.78, 5) is 19.5. The van der Waals surface area contributed by atoms with E-state index < -0.39 is 0 Å². The summed E-state index contributed by atoms with van der Waals surface area (Å²) in [6.07, 6.45) is 2.00. The van der Waals surface area contributed by atoms with E-state index in [1.54, 1.807) is 12.1 Å². The van der Waals surface area contributed by atoms with Crippen LogP contribution in [-0.4, -0.2) is 62.3 Å². The van der Waals surface area contributed by atoms with Crippen molar-refractivity contribution in [3.05, 3.63) is 35.4 Å². The topological polar surface area (TPSA) is 63.2 Å². The van der Waals surface area contributed by atoms with Crippen molar-refractivity contribution in [1.82, 2.24) is 10.2 Å². The van der Waals surface area contributed by atoms with Crippen LogP contribution in [0, 0.1) is 6.92 Å². The smallest absolute Gasteiger partial charge is 0.292 e. The summed E-state index contributed by atoms with van der Waals surface area (Å²) in [6, 6.07) is 7.76. The molecule has 0 saturated heterocycles. The zero-order valence-corrected chi connectivity index (χ0v) is 18.2. The van der Waals surface area contributed by atoms with Gasteiger partial charge in [0.15, 0.2) is 0 Å². The number of nitrogens with zero attached hydrogens (tertiary/aromatic N) is 2. The van der Waals surface area contributed by atoms with Crippen LogP contribution in [0.1, 0.15) is 56.5 Å². The summed E-state index contributed by atoms with van der Waals surface area (Å²) in [5.74, 6) is -0.217. The molecule has 28 heavy (non-hydrogen) atoms. The molecule has 1 amide bonds. The molecule has 158 valence electrons. The molecular weight excluding hydrogens is 354 g/mol. The van der Waals surface area contributed by atoms with Gasteiger partial charge in [0.2, 0.25) is 0 Å². The minimum absolute atomic E-state index is 0.0657. The maximum absolute atomic E-state index is 12.5. The predicted molar refractivity (Wildman–Crippen MR) is 115 cm³/mol. The molecule has 0 bridgehead atoms. The minimum Gasteiger partial charge on any atom is -0.463 e. The molecule has 6 heteroatoms. The first-order valence-electron chi connectivity index (χ1n) is 10.4. The number of carbonyl (C=O) groups excluding carboxylic acids is 1. The van der Waals surface area contributed by atoms with Gasteiger partial charge in [0.05, 0.1) is 12.6 Å².